The molecule has 3 atom stereocenters. The van der Waals surface area contributed by atoms with E-state index in [0.29, 0.717) is 24.9 Å². The van der Waals surface area contributed by atoms with Crippen LogP contribution in [0.2, 0.25) is 0 Å². The Morgan fingerprint density at radius 1 is 1.29 bits per heavy atom. The number of nitrogens with zero attached hydrogens (tertiary/aromatic N) is 2. The Bertz CT molecular complexity index is 591. The van der Waals surface area contributed by atoms with Gasteiger partial charge >= 0.3 is 0 Å². The first-order valence-electron chi connectivity index (χ1n) is 7.26. The van der Waals surface area contributed by atoms with E-state index in [2.05, 4.69) is 18.8 Å². The molecule has 0 bridgehead atoms. The fourth-order valence-corrected chi connectivity index (χ4v) is 4.18. The van der Waals surface area contributed by atoms with Gasteiger partial charge in [-0.2, -0.15) is 0 Å². The Morgan fingerprint density at radius 2 is 1.90 bits per heavy atom. The average molecular weight is 310 g/mol. The summed E-state index contributed by atoms with van der Waals surface area (Å²) in [6.45, 7) is 6.90. The number of hydrogen-bond donors (Lipinski definition) is 0. The monoisotopic (exact) mass is 310 g/mol. The highest BCUT2D eigenvalue weighted by atomic mass is 32.2. The molecule has 0 aromatic carbocycles. The highest BCUT2D eigenvalue weighted by Crippen LogP contribution is 2.23. The first kappa shape index (κ1) is 15.9. The van der Waals surface area contributed by atoms with Crippen LogP contribution in [-0.2, 0) is 14.6 Å². The van der Waals surface area contributed by atoms with E-state index in [1.54, 1.807) is 17.0 Å². The van der Waals surface area contributed by atoms with Gasteiger partial charge in [-0.05, 0) is 37.3 Å². The Labute approximate surface area is 126 Å². The molecule has 1 fully saturated rings. The van der Waals surface area contributed by atoms with Crippen LogP contribution in [0.4, 0.5) is 0 Å². The molecular weight excluding hydrogens is 288 g/mol. The number of likely N-dealkylation sites (tertiary alicyclic amines) is 1. The molecule has 0 spiro atoms. The van der Waals surface area contributed by atoms with Crippen LogP contribution in [0.3, 0.4) is 0 Å². The molecule has 21 heavy (non-hydrogen) atoms. The Morgan fingerprint density at radius 3 is 2.43 bits per heavy atom. The number of amides is 1. The number of piperidine rings is 1. The van der Waals surface area contributed by atoms with E-state index >= 15 is 0 Å². The van der Waals surface area contributed by atoms with E-state index in [4.69, 9.17) is 0 Å². The molecule has 116 valence electrons. The molecule has 1 aromatic heterocycles. The van der Waals surface area contributed by atoms with Crippen molar-refractivity contribution in [3.8, 4) is 0 Å². The zero-order chi connectivity index (χ0) is 15.6. The molecule has 0 unspecified atom stereocenters. The molecule has 0 aliphatic carbocycles. The smallest absolute Gasteiger partial charge is 0.241 e. The highest BCUT2D eigenvalue weighted by molar-refractivity contribution is 7.92. The van der Waals surface area contributed by atoms with Gasteiger partial charge in [0, 0.05) is 19.3 Å². The van der Waals surface area contributed by atoms with Crippen LogP contribution >= 0.6 is 0 Å². The van der Waals surface area contributed by atoms with E-state index in [1.165, 1.54) is 19.2 Å². The largest absolute Gasteiger partial charge is 0.341 e. The van der Waals surface area contributed by atoms with E-state index in [-0.39, 0.29) is 10.9 Å². The minimum absolute atomic E-state index is 0.0380. The molecule has 1 aromatic rings. The summed E-state index contributed by atoms with van der Waals surface area (Å²) >= 11 is 0. The number of aromatic nitrogens is 1. The second-order valence-corrected chi connectivity index (χ2v) is 8.26. The number of sulfone groups is 1. The summed E-state index contributed by atoms with van der Waals surface area (Å²) < 4.78 is 24.9. The van der Waals surface area contributed by atoms with Crippen LogP contribution in [0.1, 0.15) is 27.2 Å². The van der Waals surface area contributed by atoms with Gasteiger partial charge < -0.3 is 4.90 Å². The molecular formula is C15H22N2O3S. The van der Waals surface area contributed by atoms with Crippen LogP contribution in [0.15, 0.2) is 29.4 Å². The fourth-order valence-electron chi connectivity index (χ4n) is 2.93. The van der Waals surface area contributed by atoms with Crippen molar-refractivity contribution in [1.82, 2.24) is 9.88 Å². The van der Waals surface area contributed by atoms with Crippen LogP contribution in [0.25, 0.3) is 0 Å². The standard InChI is InChI=1S/C15H22N2O3S/c1-11-8-12(2)10-17(9-11)15(18)13(3)21(19,20)14-6-4-5-7-16-14/h4-7,11-13H,8-10H2,1-3H3/t11-,12-,13+/m1/s1. The van der Waals surface area contributed by atoms with Gasteiger partial charge in [0.2, 0.25) is 15.7 Å². The SMILES string of the molecule is C[C@@H]1C[C@@H](C)CN(C(=O)[C@H](C)S(=O)(=O)c2ccccn2)C1. The third-order valence-corrected chi connectivity index (χ3v) is 5.88. The number of rotatable bonds is 3. The first-order chi connectivity index (χ1) is 9.82. The summed E-state index contributed by atoms with van der Waals surface area (Å²) in [5.74, 6) is 0.490. The summed E-state index contributed by atoms with van der Waals surface area (Å²) in [7, 11) is -3.72. The van der Waals surface area contributed by atoms with Crippen molar-refractivity contribution in [3.63, 3.8) is 0 Å². The number of carbonyl (C=O) groups is 1. The Hall–Kier alpha value is -1.43. The predicted octanol–water partition coefficient (Wildman–Crippen LogP) is 1.75. The predicted molar refractivity (Wildman–Crippen MR) is 80.4 cm³/mol. The van der Waals surface area contributed by atoms with Gasteiger partial charge in [-0.3, -0.25) is 4.79 Å². The topological polar surface area (TPSA) is 67.3 Å². The Kier molecular flexibility index (Phi) is 4.66. The minimum atomic E-state index is -3.72. The van der Waals surface area contributed by atoms with E-state index in [1.807, 2.05) is 0 Å². The molecule has 1 aliphatic heterocycles. The zero-order valence-electron chi connectivity index (χ0n) is 12.7. The third-order valence-electron chi connectivity index (χ3n) is 3.92. The second kappa shape index (κ2) is 6.13. The van der Waals surface area contributed by atoms with Gasteiger partial charge in [0.25, 0.3) is 0 Å². The van der Waals surface area contributed by atoms with Crippen molar-refractivity contribution in [2.24, 2.45) is 11.8 Å². The van der Waals surface area contributed by atoms with Crippen molar-refractivity contribution >= 4 is 15.7 Å². The normalized spacial score (nSPS) is 24.6. The van der Waals surface area contributed by atoms with Gasteiger partial charge in [-0.1, -0.05) is 19.9 Å². The lowest BCUT2D eigenvalue weighted by Gasteiger charge is -2.36. The summed E-state index contributed by atoms with van der Waals surface area (Å²) in [5, 5.41) is -1.13. The molecule has 0 saturated carbocycles. The molecule has 1 amide bonds. The van der Waals surface area contributed by atoms with Crippen molar-refractivity contribution in [1.29, 1.82) is 0 Å². The lowest BCUT2D eigenvalue weighted by atomic mass is 9.92. The van der Waals surface area contributed by atoms with Crippen molar-refractivity contribution in [3.05, 3.63) is 24.4 Å². The highest BCUT2D eigenvalue weighted by Gasteiger charge is 2.36. The average Bonchev–Trinajstić information content (AvgIpc) is 2.45. The molecule has 1 aliphatic rings. The lowest BCUT2D eigenvalue weighted by molar-refractivity contribution is -0.133. The quantitative estimate of drug-likeness (QED) is 0.853. The summed E-state index contributed by atoms with van der Waals surface area (Å²) in [6, 6.07) is 4.70. The molecule has 1 saturated heterocycles. The van der Waals surface area contributed by atoms with Crippen LogP contribution in [0, 0.1) is 11.8 Å². The van der Waals surface area contributed by atoms with Crippen LogP contribution < -0.4 is 0 Å². The molecule has 0 N–H and O–H groups in total. The lowest BCUT2D eigenvalue weighted by Crippen LogP contribution is -2.48. The van der Waals surface area contributed by atoms with Crippen molar-refractivity contribution in [2.45, 2.75) is 37.5 Å². The third kappa shape index (κ3) is 3.43. The maximum Gasteiger partial charge on any atom is 0.241 e. The van der Waals surface area contributed by atoms with Gasteiger partial charge in [-0.15, -0.1) is 0 Å². The maximum atomic E-state index is 12.5. The number of pyridine rings is 1. The maximum absolute atomic E-state index is 12.5. The Balaban J connectivity index is 2.19. The van der Waals surface area contributed by atoms with E-state index < -0.39 is 15.1 Å². The molecule has 0 radical (unpaired) electrons. The zero-order valence-corrected chi connectivity index (χ0v) is 13.5. The van der Waals surface area contributed by atoms with E-state index in [0.717, 1.165) is 6.42 Å². The molecule has 2 heterocycles. The number of carbonyl (C=O) groups excluding carboxylic acids is 1. The molecule has 6 heteroatoms. The second-order valence-electron chi connectivity index (χ2n) is 6.04. The summed E-state index contributed by atoms with van der Waals surface area (Å²) in [6.07, 6.45) is 2.50. The number of hydrogen-bond acceptors (Lipinski definition) is 4. The fraction of sp³-hybridized carbons (Fsp3) is 0.600. The van der Waals surface area contributed by atoms with Crippen molar-refractivity contribution in [2.75, 3.05) is 13.1 Å². The van der Waals surface area contributed by atoms with Crippen molar-refractivity contribution < 1.29 is 13.2 Å². The molecule has 2 rings (SSSR count). The van der Waals surface area contributed by atoms with Gasteiger partial charge in [0.15, 0.2) is 5.03 Å². The van der Waals surface area contributed by atoms with Gasteiger partial charge in [0.1, 0.15) is 5.25 Å². The minimum Gasteiger partial charge on any atom is -0.341 e. The first-order valence-corrected chi connectivity index (χ1v) is 8.80. The van der Waals surface area contributed by atoms with Crippen LogP contribution in [0.5, 0.6) is 0 Å². The molecule has 5 nitrogen and oxygen atoms in total. The summed E-state index contributed by atoms with van der Waals surface area (Å²) in [5.41, 5.74) is 0. The van der Waals surface area contributed by atoms with Gasteiger partial charge in [0.05, 0.1) is 0 Å². The van der Waals surface area contributed by atoms with Crippen LogP contribution in [-0.4, -0.2) is 42.5 Å². The van der Waals surface area contributed by atoms with E-state index in [9.17, 15) is 13.2 Å². The van der Waals surface area contributed by atoms with Gasteiger partial charge in [-0.25, -0.2) is 13.4 Å². The summed E-state index contributed by atoms with van der Waals surface area (Å²) in [4.78, 5) is 18.1.